The van der Waals surface area contributed by atoms with Crippen LogP contribution in [0.25, 0.3) is 0 Å². The minimum absolute atomic E-state index is 0.0475. The van der Waals surface area contributed by atoms with E-state index in [2.05, 4.69) is 24.2 Å². The van der Waals surface area contributed by atoms with Crippen LogP contribution in [-0.2, 0) is 0 Å². The van der Waals surface area contributed by atoms with Gasteiger partial charge in [-0.3, -0.25) is 9.59 Å². The Morgan fingerprint density at radius 1 is 1.00 bits per heavy atom. The maximum atomic E-state index is 13.0. The molecule has 154 valence electrons. The Morgan fingerprint density at radius 3 is 2.38 bits per heavy atom. The molecule has 0 bridgehead atoms. The maximum Gasteiger partial charge on any atom is 0.256 e. The SMILES string of the molecule is CCCCOc1ccc(C(=O)Nc2ccccc2C(=O)N2CCN(C)CC2)cc1. The molecule has 0 spiro atoms. The Hall–Kier alpha value is -2.86. The van der Waals surface area contributed by atoms with E-state index >= 15 is 0 Å². The highest BCUT2D eigenvalue weighted by atomic mass is 16.5. The average molecular weight is 396 g/mol. The zero-order valence-electron chi connectivity index (χ0n) is 17.2. The summed E-state index contributed by atoms with van der Waals surface area (Å²) in [5.74, 6) is 0.457. The summed E-state index contributed by atoms with van der Waals surface area (Å²) < 4.78 is 5.64. The number of amides is 2. The van der Waals surface area contributed by atoms with Gasteiger partial charge in [-0.25, -0.2) is 0 Å². The number of carbonyl (C=O) groups excluding carboxylic acids is 2. The first-order valence-electron chi connectivity index (χ1n) is 10.2. The van der Waals surface area contributed by atoms with Crippen LogP contribution in [0.1, 0.15) is 40.5 Å². The highest BCUT2D eigenvalue weighted by Gasteiger charge is 2.23. The number of benzene rings is 2. The first kappa shape index (κ1) is 20.9. The van der Waals surface area contributed by atoms with Crippen LogP contribution in [0.4, 0.5) is 5.69 Å². The molecule has 2 aromatic rings. The number of ether oxygens (including phenoxy) is 1. The van der Waals surface area contributed by atoms with Gasteiger partial charge in [0.2, 0.25) is 0 Å². The van der Waals surface area contributed by atoms with Crippen molar-refractivity contribution in [3.63, 3.8) is 0 Å². The number of nitrogens with zero attached hydrogens (tertiary/aromatic N) is 2. The van der Waals surface area contributed by atoms with Crippen molar-refractivity contribution in [1.29, 1.82) is 0 Å². The second kappa shape index (κ2) is 10.1. The molecule has 3 rings (SSSR count). The maximum absolute atomic E-state index is 13.0. The molecule has 29 heavy (non-hydrogen) atoms. The van der Waals surface area contributed by atoms with Crippen molar-refractivity contribution in [2.24, 2.45) is 0 Å². The summed E-state index contributed by atoms with van der Waals surface area (Å²) in [5.41, 5.74) is 1.57. The number of hydrogen-bond acceptors (Lipinski definition) is 4. The first-order chi connectivity index (χ1) is 14.1. The van der Waals surface area contributed by atoms with Crippen LogP contribution in [0.15, 0.2) is 48.5 Å². The monoisotopic (exact) mass is 395 g/mol. The number of piperazine rings is 1. The Bertz CT molecular complexity index is 828. The number of likely N-dealkylation sites (N-methyl/N-ethyl adjacent to an activating group) is 1. The van der Waals surface area contributed by atoms with Crippen LogP contribution in [0.5, 0.6) is 5.75 Å². The second-order valence-corrected chi connectivity index (χ2v) is 7.32. The summed E-state index contributed by atoms with van der Waals surface area (Å²) in [6.07, 6.45) is 2.08. The molecular formula is C23H29N3O3. The first-order valence-corrected chi connectivity index (χ1v) is 10.2. The predicted octanol–water partition coefficient (Wildman–Crippen LogP) is 3.51. The van der Waals surface area contributed by atoms with Gasteiger partial charge in [-0.15, -0.1) is 0 Å². The molecule has 0 unspecified atom stereocenters. The fourth-order valence-electron chi connectivity index (χ4n) is 3.19. The molecule has 0 atom stereocenters. The van der Waals surface area contributed by atoms with Crippen LogP contribution in [0.3, 0.4) is 0 Å². The molecule has 0 aliphatic carbocycles. The summed E-state index contributed by atoms with van der Waals surface area (Å²) >= 11 is 0. The van der Waals surface area contributed by atoms with Crippen molar-refractivity contribution in [3.05, 3.63) is 59.7 Å². The normalized spacial score (nSPS) is 14.5. The largest absolute Gasteiger partial charge is 0.494 e. The number of para-hydroxylation sites is 1. The van der Waals surface area contributed by atoms with Gasteiger partial charge in [0.05, 0.1) is 17.9 Å². The van der Waals surface area contributed by atoms with Gasteiger partial charge in [-0.05, 0) is 49.9 Å². The minimum atomic E-state index is -0.247. The molecule has 6 heteroatoms. The van der Waals surface area contributed by atoms with E-state index in [0.717, 1.165) is 31.7 Å². The van der Waals surface area contributed by atoms with E-state index in [4.69, 9.17) is 4.74 Å². The third-order valence-corrected chi connectivity index (χ3v) is 5.08. The van der Waals surface area contributed by atoms with Crippen LogP contribution >= 0.6 is 0 Å². The van der Waals surface area contributed by atoms with Crippen LogP contribution in [0.2, 0.25) is 0 Å². The molecule has 1 aliphatic rings. The molecule has 1 fully saturated rings. The van der Waals surface area contributed by atoms with E-state index in [9.17, 15) is 9.59 Å². The van der Waals surface area contributed by atoms with E-state index in [1.807, 2.05) is 17.0 Å². The van der Waals surface area contributed by atoms with E-state index < -0.39 is 0 Å². The van der Waals surface area contributed by atoms with Crippen molar-refractivity contribution in [3.8, 4) is 5.75 Å². The molecule has 0 saturated carbocycles. The average Bonchev–Trinajstić information content (AvgIpc) is 2.75. The molecule has 1 saturated heterocycles. The molecular weight excluding hydrogens is 366 g/mol. The fraction of sp³-hybridized carbons (Fsp3) is 0.391. The molecule has 0 aromatic heterocycles. The summed E-state index contributed by atoms with van der Waals surface area (Å²) in [4.78, 5) is 29.7. The zero-order valence-corrected chi connectivity index (χ0v) is 17.2. The van der Waals surface area contributed by atoms with Crippen molar-refractivity contribution in [2.45, 2.75) is 19.8 Å². The lowest BCUT2D eigenvalue weighted by Crippen LogP contribution is -2.47. The molecule has 1 heterocycles. The third-order valence-electron chi connectivity index (χ3n) is 5.08. The van der Waals surface area contributed by atoms with Gasteiger partial charge in [-0.1, -0.05) is 25.5 Å². The van der Waals surface area contributed by atoms with Crippen LogP contribution < -0.4 is 10.1 Å². The van der Waals surface area contributed by atoms with Gasteiger partial charge in [0.15, 0.2) is 0 Å². The smallest absolute Gasteiger partial charge is 0.256 e. The van der Waals surface area contributed by atoms with Gasteiger partial charge >= 0.3 is 0 Å². The van der Waals surface area contributed by atoms with E-state index in [1.165, 1.54) is 0 Å². The molecule has 6 nitrogen and oxygen atoms in total. The molecule has 2 amide bonds. The van der Waals surface area contributed by atoms with Gasteiger partial charge < -0.3 is 19.9 Å². The number of rotatable bonds is 7. The van der Waals surface area contributed by atoms with Crippen molar-refractivity contribution in [1.82, 2.24) is 9.80 Å². The van der Waals surface area contributed by atoms with Crippen molar-refractivity contribution < 1.29 is 14.3 Å². The van der Waals surface area contributed by atoms with Gasteiger partial charge in [0.1, 0.15) is 5.75 Å². The summed E-state index contributed by atoms with van der Waals surface area (Å²) in [6, 6.07) is 14.2. The van der Waals surface area contributed by atoms with E-state index in [1.54, 1.807) is 36.4 Å². The van der Waals surface area contributed by atoms with Gasteiger partial charge in [0.25, 0.3) is 11.8 Å². The number of carbonyl (C=O) groups is 2. The van der Waals surface area contributed by atoms with Crippen molar-refractivity contribution in [2.75, 3.05) is 45.2 Å². The Morgan fingerprint density at radius 2 is 1.69 bits per heavy atom. The Kier molecular flexibility index (Phi) is 7.25. The lowest BCUT2D eigenvalue weighted by molar-refractivity contribution is 0.0665. The third kappa shape index (κ3) is 5.57. The quantitative estimate of drug-likeness (QED) is 0.729. The Balaban J connectivity index is 1.67. The number of unbranched alkanes of at least 4 members (excludes halogenated alkanes) is 1. The topological polar surface area (TPSA) is 61.9 Å². The van der Waals surface area contributed by atoms with E-state index in [-0.39, 0.29) is 11.8 Å². The zero-order chi connectivity index (χ0) is 20.6. The molecule has 0 radical (unpaired) electrons. The highest BCUT2D eigenvalue weighted by molar-refractivity contribution is 6.09. The lowest BCUT2D eigenvalue weighted by atomic mass is 10.1. The van der Waals surface area contributed by atoms with Crippen LogP contribution in [0, 0.1) is 0 Å². The molecule has 1 N–H and O–H groups in total. The van der Waals surface area contributed by atoms with E-state index in [0.29, 0.717) is 36.5 Å². The summed E-state index contributed by atoms with van der Waals surface area (Å²) in [5, 5.41) is 2.89. The van der Waals surface area contributed by atoms with Gasteiger partial charge in [0, 0.05) is 31.7 Å². The fourth-order valence-corrected chi connectivity index (χ4v) is 3.19. The highest BCUT2D eigenvalue weighted by Crippen LogP contribution is 2.20. The lowest BCUT2D eigenvalue weighted by Gasteiger charge is -2.32. The van der Waals surface area contributed by atoms with Crippen LogP contribution in [-0.4, -0.2) is 61.4 Å². The summed E-state index contributed by atoms with van der Waals surface area (Å²) in [7, 11) is 2.05. The number of hydrogen-bond donors (Lipinski definition) is 1. The second-order valence-electron chi connectivity index (χ2n) is 7.32. The number of nitrogens with one attached hydrogen (secondary N) is 1. The predicted molar refractivity (Wildman–Crippen MR) is 115 cm³/mol. The minimum Gasteiger partial charge on any atom is -0.494 e. The van der Waals surface area contributed by atoms with Gasteiger partial charge in [-0.2, -0.15) is 0 Å². The number of anilines is 1. The molecule has 2 aromatic carbocycles. The molecule has 1 aliphatic heterocycles. The Labute approximate surface area is 172 Å². The summed E-state index contributed by atoms with van der Waals surface area (Å²) in [6.45, 7) is 5.88. The standard InChI is InChI=1S/C23H29N3O3/c1-3-4-17-29-19-11-9-18(10-12-19)22(27)24-21-8-6-5-7-20(21)23(28)26-15-13-25(2)14-16-26/h5-12H,3-4,13-17H2,1-2H3,(H,24,27). The van der Waals surface area contributed by atoms with Crippen molar-refractivity contribution >= 4 is 17.5 Å².